The Bertz CT molecular complexity index is 4210. The van der Waals surface area contributed by atoms with E-state index in [9.17, 15) is 117 Å². The van der Waals surface area contributed by atoms with Crippen LogP contribution in [0.5, 0.6) is 0 Å². The first kappa shape index (κ1) is 103. The van der Waals surface area contributed by atoms with E-state index in [0.29, 0.717) is 48.5 Å². The second-order valence-corrected chi connectivity index (χ2v) is 24.3. The summed E-state index contributed by atoms with van der Waals surface area (Å²) in [6.45, 7) is 0. The largest absolute Gasteiger partial charge is 1.00 e. The molecule has 0 spiro atoms. The van der Waals surface area contributed by atoms with Crippen LogP contribution in [0.25, 0.3) is 12.2 Å². The third kappa shape index (κ3) is 31.4. The molecule has 6 rings (SSSR count). The Morgan fingerprint density at radius 1 is 0.351 bits per heavy atom. The minimum atomic E-state index is -5.61. The third-order valence-corrected chi connectivity index (χ3v) is 15.5. The molecule has 0 saturated heterocycles. The molecule has 6 N–H and O–H groups in total. The van der Waals surface area contributed by atoms with Crippen molar-refractivity contribution in [3.8, 4) is 0 Å². The summed E-state index contributed by atoms with van der Waals surface area (Å²) in [5.74, 6) is -13.5. The average molecular weight is 1510 g/mol. The molecule has 448 valence electrons. The number of nitrogens with one attached hydrogen (secondary N) is 6. The Kier molecular flexibility index (Phi) is 47.5. The van der Waals surface area contributed by atoms with Gasteiger partial charge in [-0.3, -0.25) is 0 Å². The molecule has 2 aromatic heterocycles. The number of nitrogens with zero attached hydrogens (tertiary/aromatic N) is 6. The number of carboxylic acids is 4. The van der Waals surface area contributed by atoms with Crippen LogP contribution in [0.1, 0.15) is 24.0 Å². The molecule has 0 amide bonds. The SMILES string of the molecule is O=C([O-])C[C@H](Nc1nc(Nc2ccc(C=Cc3ccc(Nc4nc(Nc5cc(S(=O)(=O)[O-])ccc5S(=O)(=O)[O-])nc(N[C@@H](CC(=O)[O-])C(=O)[O-])n4)cc3S(=O)(=O)[O-])c(S(=O)(=O)[O-])c2)nc(Nc2cc(S(=O)(=O)[O-])ccc2S(=O)(=O)[O-])n1)C(=O)[O-].[Na+].[Na+].[Na+].[Na+].[Na+].[Na+].[Na+].[Na+].[Na+].[Na+]. The molecule has 0 saturated carbocycles. The second-order valence-electron chi connectivity index (χ2n) is 16.2. The Morgan fingerprint density at radius 3 is 0.862 bits per heavy atom. The maximum absolute atomic E-state index is 12.7. The number of aromatic nitrogens is 6. The predicted octanol–water partition coefficient (Wildman–Crippen LogP) is -36.0. The van der Waals surface area contributed by atoms with Gasteiger partial charge in [-0.1, -0.05) is 24.3 Å². The Hall–Kier alpha value is 0.780. The molecule has 94 heavy (non-hydrogen) atoms. The van der Waals surface area contributed by atoms with Gasteiger partial charge in [0.15, 0.2) is 0 Å². The molecule has 2 heterocycles. The van der Waals surface area contributed by atoms with E-state index in [4.69, 9.17) is 0 Å². The number of hydrogen-bond acceptors (Lipinski definition) is 38. The maximum atomic E-state index is 12.7. The van der Waals surface area contributed by atoms with Crippen molar-refractivity contribution in [3.05, 3.63) is 83.9 Å². The van der Waals surface area contributed by atoms with E-state index in [0.717, 1.165) is 36.4 Å². The van der Waals surface area contributed by atoms with Crippen LogP contribution in [0.4, 0.5) is 58.4 Å². The molecule has 0 bridgehead atoms. The topological polar surface area (TPSA) is 653 Å². The first-order valence-corrected chi connectivity index (χ1v) is 30.0. The number of aliphatic carboxylic acids is 4. The van der Waals surface area contributed by atoms with E-state index in [1.807, 2.05) is 10.6 Å². The first-order valence-electron chi connectivity index (χ1n) is 21.6. The van der Waals surface area contributed by atoms with E-state index >= 15 is 0 Å². The van der Waals surface area contributed by atoms with Gasteiger partial charge in [0.25, 0.3) is 0 Å². The van der Waals surface area contributed by atoms with Gasteiger partial charge in [0.2, 0.25) is 35.7 Å². The zero-order valence-corrected chi connectivity index (χ0v) is 75.3. The Balaban J connectivity index is -0.00000264. The second kappa shape index (κ2) is 43.1. The summed E-state index contributed by atoms with van der Waals surface area (Å²) >= 11 is 0. The van der Waals surface area contributed by atoms with Crippen molar-refractivity contribution in [2.24, 2.45) is 0 Å². The molecule has 0 radical (unpaired) electrons. The van der Waals surface area contributed by atoms with E-state index < -0.39 is 208 Å². The van der Waals surface area contributed by atoms with Gasteiger partial charge in [0.1, 0.15) is 60.7 Å². The molecule has 0 unspecified atom stereocenters. The summed E-state index contributed by atoms with van der Waals surface area (Å²) in [4.78, 5) is 61.8. The number of hydrogen-bond donors (Lipinski definition) is 6. The van der Waals surface area contributed by atoms with Crippen LogP contribution in [0.15, 0.2) is 102 Å². The van der Waals surface area contributed by atoms with Gasteiger partial charge in [-0.05, 0) is 71.8 Å². The standard InChI is InChI=1S/C40H36N12O26S6.10Na/c53-31(54)15-25(33(57)58)45-39-49-35(47-37(51-39)43-23-13-21(79(61,62)63)7-9-27(23)81(67,68)69)41-19-5-3-17(29(11-19)83(73,74)75)1-2-18-4-6-20(12-30(18)84(76,77)78)42-36-48-38(52-40(50-36)46-26(34(59)60)16-32(55)56)44-24-14-22(80(64,65)66)8-10-28(24)82(70,71)72;;;;;;;;;;/h1-14,25-26H,15-16H2,(H,53,54)(H,55,56)(H,57,58)(H,59,60)(H,61,62,63)(H,64,65,66)(H,67,68,69)(H,70,71,72)(H,73,74,75)(H,76,77,78)(H3,41,43,45,47,49,51)(H3,42,44,46,48,50,52);;;;;;;;;;/q;10*+1/p-10/t25-,26-;;;;;;;;;;/m0........../s1. The quantitative estimate of drug-likeness (QED) is 0.0167. The molecular weight excluding hydrogens is 1490 g/mol. The summed E-state index contributed by atoms with van der Waals surface area (Å²) in [6.07, 6.45) is -1.05. The molecule has 0 aliphatic carbocycles. The summed E-state index contributed by atoms with van der Waals surface area (Å²) in [5, 5.41) is 59.0. The monoisotopic (exact) mass is 1510 g/mol. The van der Waals surface area contributed by atoms with E-state index in [-0.39, 0.29) is 296 Å². The van der Waals surface area contributed by atoms with Crippen LogP contribution in [0.3, 0.4) is 0 Å². The molecular formula is C40H26N12Na10O26S6. The molecule has 54 heteroatoms. The number of anilines is 10. The van der Waals surface area contributed by atoms with Crippen molar-refractivity contribution in [2.75, 3.05) is 31.9 Å². The predicted molar refractivity (Wildman–Crippen MR) is 259 cm³/mol. The van der Waals surface area contributed by atoms with Gasteiger partial charge in [0, 0.05) is 36.2 Å². The molecule has 6 aromatic rings. The van der Waals surface area contributed by atoms with Gasteiger partial charge >= 0.3 is 296 Å². The fraction of sp³-hybridized carbons (Fsp3) is 0.100. The third-order valence-electron chi connectivity index (χ3n) is 10.2. The summed E-state index contributed by atoms with van der Waals surface area (Å²) < 4.78 is 219. The van der Waals surface area contributed by atoms with Crippen LogP contribution in [-0.2, 0) is 79.9 Å². The Morgan fingerprint density at radius 2 is 0.617 bits per heavy atom. The molecule has 0 aliphatic rings. The molecule has 2 atom stereocenters. The normalized spacial score (nSPS) is 11.7. The van der Waals surface area contributed by atoms with Gasteiger partial charge in [0.05, 0.1) is 64.8 Å². The van der Waals surface area contributed by atoms with Crippen LogP contribution in [0, 0.1) is 0 Å². The molecule has 4 aromatic carbocycles. The summed E-state index contributed by atoms with van der Waals surface area (Å²) in [7, 11) is -33.0. The van der Waals surface area contributed by atoms with E-state index in [1.165, 1.54) is 0 Å². The van der Waals surface area contributed by atoms with Gasteiger partial charge in [-0.25, -0.2) is 50.5 Å². The molecule has 0 fully saturated rings. The van der Waals surface area contributed by atoms with Crippen molar-refractivity contribution < 1.29 is 413 Å². The summed E-state index contributed by atoms with van der Waals surface area (Å²) in [6, 6.07) is 2.89. The number of benzene rings is 4. The molecule has 38 nitrogen and oxygen atoms in total. The number of carboxylic acid groups (broad SMARTS) is 4. The van der Waals surface area contributed by atoms with Gasteiger partial charge in [-0.2, -0.15) is 29.9 Å². The first-order chi connectivity index (χ1) is 38.6. The average Bonchev–Trinajstić information content (AvgIpc) is 0.815. The van der Waals surface area contributed by atoms with E-state index in [1.54, 1.807) is 0 Å². The van der Waals surface area contributed by atoms with Crippen molar-refractivity contribution in [1.29, 1.82) is 0 Å². The fourth-order valence-electron chi connectivity index (χ4n) is 6.71. The zero-order chi connectivity index (χ0) is 62.7. The molecule has 0 aliphatic heterocycles. The summed E-state index contributed by atoms with van der Waals surface area (Å²) in [5.41, 5.74) is -4.02. The number of carbonyl (C=O) groups is 4. The maximum Gasteiger partial charge on any atom is 1.00 e. The van der Waals surface area contributed by atoms with Crippen molar-refractivity contribution in [3.63, 3.8) is 0 Å². The zero-order valence-electron chi connectivity index (χ0n) is 50.4. The van der Waals surface area contributed by atoms with Gasteiger partial charge in [-0.15, -0.1) is 0 Å². The van der Waals surface area contributed by atoms with Gasteiger partial charge < -0.3 is 98.8 Å². The minimum Gasteiger partial charge on any atom is -0.744 e. The smallest absolute Gasteiger partial charge is 0.744 e. The Labute approximate surface area is 754 Å². The van der Waals surface area contributed by atoms with Crippen molar-refractivity contribution in [1.82, 2.24) is 29.9 Å². The van der Waals surface area contributed by atoms with Crippen LogP contribution in [-0.4, -0.2) is 144 Å². The van der Waals surface area contributed by atoms with Crippen molar-refractivity contribution >= 4 is 155 Å². The number of carbonyl (C=O) groups excluding carboxylic acids is 4. The van der Waals surface area contributed by atoms with Crippen LogP contribution >= 0.6 is 0 Å². The van der Waals surface area contributed by atoms with Crippen LogP contribution < -0.4 is 348 Å². The fourth-order valence-corrected chi connectivity index (χ4v) is 10.3. The van der Waals surface area contributed by atoms with E-state index in [2.05, 4.69) is 51.2 Å². The number of rotatable bonds is 26. The van der Waals surface area contributed by atoms with Crippen molar-refractivity contribution in [2.45, 2.75) is 54.3 Å². The van der Waals surface area contributed by atoms with Crippen LogP contribution in [0.2, 0.25) is 0 Å². The minimum absolute atomic E-state index is 0.